The molecule has 0 unspecified atom stereocenters. The highest BCUT2D eigenvalue weighted by molar-refractivity contribution is 5.96. The number of para-hydroxylation sites is 2. The van der Waals surface area contributed by atoms with E-state index in [4.69, 9.17) is 9.47 Å². The van der Waals surface area contributed by atoms with Gasteiger partial charge < -0.3 is 14.8 Å². The van der Waals surface area contributed by atoms with Crippen LogP contribution in [0.4, 0.5) is 15.9 Å². The molecular weight excluding hydrogens is 349 g/mol. The molecule has 6 nitrogen and oxygen atoms in total. The number of hydrogen-bond donors (Lipinski definition) is 1. The number of nitrogens with zero attached hydrogens (tertiary/aromatic N) is 2. The van der Waals surface area contributed by atoms with Gasteiger partial charge in [0.15, 0.2) is 11.5 Å². The number of hydrogen-bond acceptors (Lipinski definition) is 6. The van der Waals surface area contributed by atoms with Gasteiger partial charge in [-0.2, -0.15) is 0 Å². The third-order valence-corrected chi connectivity index (χ3v) is 4.30. The topological polar surface area (TPSA) is 73.3 Å². The first kappa shape index (κ1) is 17.4. The van der Waals surface area contributed by atoms with Crippen molar-refractivity contribution in [2.24, 2.45) is 0 Å². The highest BCUT2D eigenvalue weighted by Gasteiger charge is 2.22. The zero-order valence-corrected chi connectivity index (χ0v) is 14.5. The van der Waals surface area contributed by atoms with Gasteiger partial charge in [-0.15, -0.1) is 0 Å². The maximum atomic E-state index is 13.1. The normalized spacial score (nSPS) is 16.4. The number of halogens is 1. The summed E-state index contributed by atoms with van der Waals surface area (Å²) in [6.45, 7) is 0.874. The summed E-state index contributed by atoms with van der Waals surface area (Å²) in [4.78, 5) is 21.5. The first-order chi connectivity index (χ1) is 13.2. The van der Waals surface area contributed by atoms with E-state index in [1.54, 1.807) is 24.3 Å². The van der Waals surface area contributed by atoms with Crippen molar-refractivity contribution in [3.05, 3.63) is 60.0 Å². The molecule has 0 aliphatic carbocycles. The number of carbonyl (C=O) groups is 1. The Morgan fingerprint density at radius 2 is 1.89 bits per heavy atom. The monoisotopic (exact) mass is 367 g/mol. The van der Waals surface area contributed by atoms with Crippen molar-refractivity contribution in [3.8, 4) is 0 Å². The standard InChI is InChI=1S/C20H18FN3O3/c21-13-7-9-14(10-8-13)22-19-18(20(25)27-12-15-4-3-11-26-15)23-16-5-1-2-6-17(16)24-19/h1-2,5-10,15H,3-4,11-12H2,(H,22,24)/t15-/m0/s1. The van der Waals surface area contributed by atoms with Gasteiger partial charge in [0.1, 0.15) is 12.4 Å². The van der Waals surface area contributed by atoms with Crippen LogP contribution in [0.2, 0.25) is 0 Å². The SMILES string of the molecule is O=C(OC[C@@H]1CCCO1)c1nc2ccccc2nc1Nc1ccc(F)cc1. The molecule has 7 heteroatoms. The molecule has 0 saturated carbocycles. The Balaban J connectivity index is 1.63. The molecule has 1 fully saturated rings. The third kappa shape index (κ3) is 4.03. The average Bonchev–Trinajstić information content (AvgIpc) is 3.21. The van der Waals surface area contributed by atoms with Gasteiger partial charge in [-0.05, 0) is 49.2 Å². The molecule has 27 heavy (non-hydrogen) atoms. The summed E-state index contributed by atoms with van der Waals surface area (Å²) < 4.78 is 24.0. The van der Waals surface area contributed by atoms with Gasteiger partial charge in [-0.1, -0.05) is 12.1 Å². The lowest BCUT2D eigenvalue weighted by atomic mass is 10.2. The molecule has 0 radical (unpaired) electrons. The summed E-state index contributed by atoms with van der Waals surface area (Å²) in [7, 11) is 0. The molecule has 0 bridgehead atoms. The van der Waals surface area contributed by atoms with Crippen LogP contribution in [-0.2, 0) is 9.47 Å². The van der Waals surface area contributed by atoms with Gasteiger partial charge in [-0.25, -0.2) is 19.2 Å². The number of aromatic nitrogens is 2. The summed E-state index contributed by atoms with van der Waals surface area (Å²) in [5.74, 6) is -0.660. The van der Waals surface area contributed by atoms with E-state index < -0.39 is 5.97 Å². The van der Waals surface area contributed by atoms with Crippen LogP contribution in [0.25, 0.3) is 11.0 Å². The average molecular weight is 367 g/mol. The number of carbonyl (C=O) groups excluding carboxylic acids is 1. The van der Waals surface area contributed by atoms with E-state index in [0.717, 1.165) is 12.8 Å². The number of benzene rings is 2. The Morgan fingerprint density at radius 3 is 2.59 bits per heavy atom. The van der Waals surface area contributed by atoms with Crippen molar-refractivity contribution in [2.75, 3.05) is 18.5 Å². The van der Waals surface area contributed by atoms with Crippen LogP contribution in [0.3, 0.4) is 0 Å². The summed E-state index contributed by atoms with van der Waals surface area (Å²) in [6, 6.07) is 13.0. The molecule has 4 rings (SSSR count). The van der Waals surface area contributed by atoms with E-state index in [1.807, 2.05) is 12.1 Å². The Morgan fingerprint density at radius 1 is 1.15 bits per heavy atom. The van der Waals surface area contributed by atoms with E-state index in [1.165, 1.54) is 12.1 Å². The number of nitrogens with one attached hydrogen (secondary N) is 1. The molecule has 1 atom stereocenters. The van der Waals surface area contributed by atoms with Gasteiger partial charge in [0.25, 0.3) is 0 Å². The molecule has 1 N–H and O–H groups in total. The second-order valence-electron chi connectivity index (χ2n) is 6.27. The zero-order valence-electron chi connectivity index (χ0n) is 14.5. The van der Waals surface area contributed by atoms with E-state index in [9.17, 15) is 9.18 Å². The quantitative estimate of drug-likeness (QED) is 0.691. The van der Waals surface area contributed by atoms with Crippen LogP contribution in [0.1, 0.15) is 23.3 Å². The molecule has 1 aliphatic rings. The van der Waals surface area contributed by atoms with Gasteiger partial charge in [0, 0.05) is 12.3 Å². The third-order valence-electron chi connectivity index (χ3n) is 4.30. The van der Waals surface area contributed by atoms with Gasteiger partial charge in [0.2, 0.25) is 0 Å². The number of esters is 1. The summed E-state index contributed by atoms with van der Waals surface area (Å²) in [5.41, 5.74) is 1.90. The van der Waals surface area contributed by atoms with Crippen LogP contribution >= 0.6 is 0 Å². The maximum absolute atomic E-state index is 13.1. The number of fused-ring (bicyclic) bond motifs is 1. The molecular formula is C20H18FN3O3. The van der Waals surface area contributed by atoms with Crippen molar-refractivity contribution in [2.45, 2.75) is 18.9 Å². The summed E-state index contributed by atoms with van der Waals surface area (Å²) >= 11 is 0. The van der Waals surface area contributed by atoms with Crippen molar-refractivity contribution < 1.29 is 18.7 Å². The first-order valence-corrected chi connectivity index (χ1v) is 8.77. The molecule has 1 saturated heterocycles. The molecule has 2 aromatic carbocycles. The second kappa shape index (κ2) is 7.67. The van der Waals surface area contributed by atoms with Gasteiger partial charge >= 0.3 is 5.97 Å². The minimum atomic E-state index is -0.576. The molecule has 3 aromatic rings. The Bertz CT molecular complexity index is 956. The van der Waals surface area contributed by atoms with Crippen LogP contribution in [0, 0.1) is 5.82 Å². The minimum Gasteiger partial charge on any atom is -0.458 e. The molecule has 0 spiro atoms. The van der Waals surface area contributed by atoms with E-state index in [-0.39, 0.29) is 30.0 Å². The number of ether oxygens (including phenoxy) is 2. The maximum Gasteiger partial charge on any atom is 0.360 e. The van der Waals surface area contributed by atoms with Crippen molar-refractivity contribution >= 4 is 28.5 Å². The molecule has 1 aliphatic heterocycles. The number of rotatable bonds is 5. The lowest BCUT2D eigenvalue weighted by molar-refractivity contribution is 0.0157. The fourth-order valence-electron chi connectivity index (χ4n) is 2.91. The first-order valence-electron chi connectivity index (χ1n) is 8.77. The van der Waals surface area contributed by atoms with Gasteiger partial charge in [0.05, 0.1) is 17.1 Å². The Kier molecular flexibility index (Phi) is 4.93. The van der Waals surface area contributed by atoms with Crippen molar-refractivity contribution in [1.82, 2.24) is 9.97 Å². The van der Waals surface area contributed by atoms with E-state index in [2.05, 4.69) is 15.3 Å². The lowest BCUT2D eigenvalue weighted by Gasteiger charge is -2.13. The molecule has 0 amide bonds. The van der Waals surface area contributed by atoms with E-state index >= 15 is 0 Å². The molecule has 1 aromatic heterocycles. The predicted octanol–water partition coefficient (Wildman–Crippen LogP) is 3.85. The van der Waals surface area contributed by atoms with Crippen LogP contribution < -0.4 is 5.32 Å². The van der Waals surface area contributed by atoms with Gasteiger partial charge in [-0.3, -0.25) is 0 Å². The van der Waals surface area contributed by atoms with Crippen molar-refractivity contribution in [3.63, 3.8) is 0 Å². The minimum absolute atomic E-state index is 0.0733. The largest absolute Gasteiger partial charge is 0.458 e. The number of anilines is 2. The Labute approximate surface area is 155 Å². The fraction of sp³-hybridized carbons (Fsp3) is 0.250. The predicted molar refractivity (Wildman–Crippen MR) is 98.5 cm³/mol. The summed E-state index contributed by atoms with van der Waals surface area (Å²) in [6.07, 6.45) is 1.77. The molecule has 138 valence electrons. The summed E-state index contributed by atoms with van der Waals surface area (Å²) in [5, 5.41) is 3.03. The van der Waals surface area contributed by atoms with Crippen molar-refractivity contribution in [1.29, 1.82) is 0 Å². The second-order valence-corrected chi connectivity index (χ2v) is 6.27. The smallest absolute Gasteiger partial charge is 0.360 e. The van der Waals surface area contributed by atoms with Crippen LogP contribution in [0.15, 0.2) is 48.5 Å². The van der Waals surface area contributed by atoms with E-state index in [0.29, 0.717) is 23.3 Å². The van der Waals surface area contributed by atoms with Crippen LogP contribution in [0.5, 0.6) is 0 Å². The highest BCUT2D eigenvalue weighted by Crippen LogP contribution is 2.22. The lowest BCUT2D eigenvalue weighted by Crippen LogP contribution is -2.19. The highest BCUT2D eigenvalue weighted by atomic mass is 19.1. The Hall–Kier alpha value is -3.06. The fourth-order valence-corrected chi connectivity index (χ4v) is 2.91. The zero-order chi connectivity index (χ0) is 18.6. The molecule has 2 heterocycles. The van der Waals surface area contributed by atoms with Crippen LogP contribution in [-0.4, -0.2) is 35.3 Å².